The quantitative estimate of drug-likeness (QED) is 0.431. The number of pyridine rings is 1. The summed E-state index contributed by atoms with van der Waals surface area (Å²) in [5.41, 5.74) is 3.67. The predicted molar refractivity (Wildman–Crippen MR) is 105 cm³/mol. The molecule has 0 aliphatic rings. The summed E-state index contributed by atoms with van der Waals surface area (Å²) < 4.78 is 9.19. The number of furan rings is 1. The van der Waals surface area contributed by atoms with E-state index in [2.05, 4.69) is 29.6 Å². The van der Waals surface area contributed by atoms with E-state index in [1.807, 2.05) is 54.9 Å². The number of nitrogens with zero attached hydrogens (tertiary/aromatic N) is 3. The van der Waals surface area contributed by atoms with E-state index in [0.717, 1.165) is 23.4 Å². The van der Waals surface area contributed by atoms with Gasteiger partial charge in [0.15, 0.2) is 11.7 Å². The summed E-state index contributed by atoms with van der Waals surface area (Å²) in [6.07, 6.45) is 3.98. The molecule has 1 aromatic carbocycles. The number of amides is 1. The van der Waals surface area contributed by atoms with Crippen molar-refractivity contribution in [3.8, 4) is 11.6 Å². The SMILES string of the molecule is CCc1ccccc1CNC(=O)c1c[c-][n+]2nc(-c3ccc(C)o3)n(C)c2c1. The number of benzene rings is 1. The summed E-state index contributed by atoms with van der Waals surface area (Å²) >= 11 is 0. The topological polar surface area (TPSA) is 64.2 Å². The zero-order valence-corrected chi connectivity index (χ0v) is 16.2. The summed E-state index contributed by atoms with van der Waals surface area (Å²) in [5.74, 6) is 2.04. The highest BCUT2D eigenvalue weighted by Gasteiger charge is 2.17. The molecule has 1 amide bonds. The van der Waals surface area contributed by atoms with Crippen LogP contribution in [0.5, 0.6) is 0 Å². The molecule has 142 valence electrons. The Balaban J connectivity index is 1.59. The second-order valence-corrected chi connectivity index (χ2v) is 6.74. The number of aryl methyl sites for hydroxylation is 3. The fourth-order valence-corrected chi connectivity index (χ4v) is 3.28. The molecule has 0 radical (unpaired) electrons. The Morgan fingerprint density at radius 3 is 2.75 bits per heavy atom. The number of aromatic nitrogens is 3. The molecule has 0 aliphatic heterocycles. The van der Waals surface area contributed by atoms with Crippen molar-refractivity contribution in [3.05, 3.63) is 77.2 Å². The minimum Gasteiger partial charge on any atom is -0.456 e. The lowest BCUT2D eigenvalue weighted by Crippen LogP contribution is -2.27. The molecule has 0 fully saturated rings. The van der Waals surface area contributed by atoms with E-state index in [1.54, 1.807) is 10.6 Å². The maximum Gasteiger partial charge on any atom is 0.290 e. The molecule has 0 spiro atoms. The number of nitrogens with one attached hydrogen (secondary N) is 1. The largest absolute Gasteiger partial charge is 0.456 e. The van der Waals surface area contributed by atoms with E-state index >= 15 is 0 Å². The molecular weight excluding hydrogens is 352 g/mol. The van der Waals surface area contributed by atoms with Crippen LogP contribution in [0.1, 0.15) is 34.2 Å². The van der Waals surface area contributed by atoms with Crippen molar-refractivity contribution in [2.75, 3.05) is 0 Å². The number of hydrogen-bond donors (Lipinski definition) is 1. The van der Waals surface area contributed by atoms with Gasteiger partial charge in [-0.1, -0.05) is 47.9 Å². The molecule has 4 aromatic rings. The Bertz CT molecular complexity index is 1160. The zero-order chi connectivity index (χ0) is 19.7. The zero-order valence-electron chi connectivity index (χ0n) is 16.2. The second kappa shape index (κ2) is 7.31. The van der Waals surface area contributed by atoms with Crippen LogP contribution in [-0.4, -0.2) is 15.6 Å². The lowest BCUT2D eigenvalue weighted by atomic mass is 10.1. The average Bonchev–Trinajstić information content (AvgIpc) is 3.29. The molecule has 0 saturated carbocycles. The molecule has 28 heavy (non-hydrogen) atoms. The van der Waals surface area contributed by atoms with Crippen molar-refractivity contribution in [3.63, 3.8) is 0 Å². The third-order valence-corrected chi connectivity index (χ3v) is 4.86. The van der Waals surface area contributed by atoms with Crippen LogP contribution in [0.15, 0.2) is 52.9 Å². The maximum absolute atomic E-state index is 12.7. The van der Waals surface area contributed by atoms with Gasteiger partial charge >= 0.3 is 0 Å². The molecule has 0 unspecified atom stereocenters. The van der Waals surface area contributed by atoms with E-state index in [9.17, 15) is 4.79 Å². The lowest BCUT2D eigenvalue weighted by molar-refractivity contribution is -0.581. The molecule has 1 N–H and O–H groups in total. The maximum atomic E-state index is 12.7. The number of hydrogen-bond acceptors (Lipinski definition) is 3. The Morgan fingerprint density at radius 1 is 1.25 bits per heavy atom. The van der Waals surface area contributed by atoms with Crippen molar-refractivity contribution in [1.82, 2.24) is 15.0 Å². The second-order valence-electron chi connectivity index (χ2n) is 6.74. The summed E-state index contributed by atoms with van der Waals surface area (Å²) in [5, 5.41) is 7.51. The van der Waals surface area contributed by atoms with Gasteiger partial charge in [-0.15, -0.1) is 6.07 Å². The van der Waals surface area contributed by atoms with E-state index in [-0.39, 0.29) is 5.91 Å². The van der Waals surface area contributed by atoms with Crippen LogP contribution >= 0.6 is 0 Å². The Kier molecular flexibility index (Phi) is 4.69. The third kappa shape index (κ3) is 3.29. The minimum absolute atomic E-state index is 0.138. The summed E-state index contributed by atoms with van der Waals surface area (Å²) in [7, 11) is 1.89. The highest BCUT2D eigenvalue weighted by Crippen LogP contribution is 2.20. The van der Waals surface area contributed by atoms with Gasteiger partial charge in [0.05, 0.1) is 7.05 Å². The van der Waals surface area contributed by atoms with E-state index in [0.29, 0.717) is 23.7 Å². The number of fused-ring (bicyclic) bond motifs is 1. The van der Waals surface area contributed by atoms with Crippen LogP contribution in [0.25, 0.3) is 17.2 Å². The fourth-order valence-electron chi connectivity index (χ4n) is 3.28. The molecule has 6 heteroatoms. The molecule has 4 rings (SSSR count). The molecule has 0 bridgehead atoms. The summed E-state index contributed by atoms with van der Waals surface area (Å²) in [6, 6.07) is 15.4. The first-order valence-electron chi connectivity index (χ1n) is 9.29. The van der Waals surface area contributed by atoms with Gasteiger partial charge in [0, 0.05) is 12.7 Å². The van der Waals surface area contributed by atoms with Crippen LogP contribution in [0.4, 0.5) is 0 Å². The third-order valence-electron chi connectivity index (χ3n) is 4.86. The standard InChI is InChI=1S/C22H22N4O2/c1-4-16-7-5-6-8-18(16)14-23-22(27)17-11-12-26-20(13-17)25(3)21(24-26)19-10-9-15(2)28-19/h5-11,13H,4,14H2,1-3H3,(H,23,27). The normalized spacial score (nSPS) is 11.1. The number of carbonyl (C=O) groups excluding carboxylic acids is 1. The monoisotopic (exact) mass is 374 g/mol. The number of carbonyl (C=O) groups is 1. The van der Waals surface area contributed by atoms with Gasteiger partial charge < -0.3 is 9.73 Å². The molecular formula is C22H22N4O2. The van der Waals surface area contributed by atoms with Gasteiger partial charge in [0.2, 0.25) is 5.65 Å². The van der Waals surface area contributed by atoms with Gasteiger partial charge in [0.25, 0.3) is 5.82 Å². The average molecular weight is 374 g/mol. The first-order chi connectivity index (χ1) is 13.6. The molecule has 0 saturated heterocycles. The van der Waals surface area contributed by atoms with Crippen LogP contribution < -0.4 is 9.83 Å². The molecule has 0 aliphatic carbocycles. The molecule has 3 aromatic heterocycles. The van der Waals surface area contributed by atoms with Crippen LogP contribution in [0.2, 0.25) is 0 Å². The Hall–Kier alpha value is -3.41. The fraction of sp³-hybridized carbons (Fsp3) is 0.227. The van der Waals surface area contributed by atoms with Crippen molar-refractivity contribution >= 4 is 11.6 Å². The van der Waals surface area contributed by atoms with Gasteiger partial charge in [-0.05, 0) is 36.6 Å². The van der Waals surface area contributed by atoms with Crippen LogP contribution in [0, 0.1) is 13.1 Å². The van der Waals surface area contributed by atoms with Gasteiger partial charge in [-0.2, -0.15) is 0 Å². The van der Waals surface area contributed by atoms with Crippen LogP contribution in [0.3, 0.4) is 0 Å². The molecule has 3 heterocycles. The smallest absolute Gasteiger partial charge is 0.290 e. The van der Waals surface area contributed by atoms with Gasteiger partial charge in [0.1, 0.15) is 5.76 Å². The Labute approximate surface area is 163 Å². The van der Waals surface area contributed by atoms with Crippen molar-refractivity contribution in [2.24, 2.45) is 7.05 Å². The molecule has 0 atom stereocenters. The van der Waals surface area contributed by atoms with Crippen LogP contribution in [-0.2, 0) is 20.0 Å². The first kappa shape index (κ1) is 18.0. The lowest BCUT2D eigenvalue weighted by Gasteiger charge is -2.11. The highest BCUT2D eigenvalue weighted by atomic mass is 16.3. The predicted octanol–water partition coefficient (Wildman–Crippen LogP) is 3.02. The summed E-state index contributed by atoms with van der Waals surface area (Å²) in [4.78, 5) is 12.7. The number of rotatable bonds is 5. The van der Waals surface area contributed by atoms with Gasteiger partial charge in [-0.3, -0.25) is 9.36 Å². The minimum atomic E-state index is -0.138. The van der Waals surface area contributed by atoms with Crippen molar-refractivity contribution in [2.45, 2.75) is 26.8 Å². The first-order valence-corrected chi connectivity index (χ1v) is 9.29. The molecule has 6 nitrogen and oxygen atoms in total. The van der Waals surface area contributed by atoms with Gasteiger partial charge in [-0.25, -0.2) is 4.52 Å². The summed E-state index contributed by atoms with van der Waals surface area (Å²) in [6.45, 7) is 4.50. The van der Waals surface area contributed by atoms with E-state index < -0.39 is 0 Å². The Morgan fingerprint density at radius 2 is 2.04 bits per heavy atom. The van der Waals surface area contributed by atoms with Crippen molar-refractivity contribution < 1.29 is 13.7 Å². The highest BCUT2D eigenvalue weighted by molar-refractivity contribution is 5.94. The van der Waals surface area contributed by atoms with Crippen molar-refractivity contribution in [1.29, 1.82) is 0 Å². The van der Waals surface area contributed by atoms with E-state index in [1.165, 1.54) is 5.56 Å². The van der Waals surface area contributed by atoms with E-state index in [4.69, 9.17) is 4.42 Å².